The Morgan fingerprint density at radius 2 is 2.00 bits per heavy atom. The molecule has 1 heteroatoms. The molecule has 0 aromatic carbocycles. The Balaban J connectivity index is 2.95. The fourth-order valence-corrected chi connectivity index (χ4v) is 0.567. The van der Waals surface area contributed by atoms with Gasteiger partial charge in [-0.25, -0.2) is 5.11 Å². The van der Waals surface area contributed by atoms with Crippen LogP contribution in [0, 0.1) is 12.8 Å². The summed E-state index contributed by atoms with van der Waals surface area (Å²) < 4.78 is 0. The monoisotopic (exact) mass is 100 g/mol. The van der Waals surface area contributed by atoms with Gasteiger partial charge in [0, 0.05) is 0 Å². The SMILES string of the molecule is [CH2]C(C)CC(C)[O]. The minimum absolute atomic E-state index is 0.312. The normalized spacial score (nSPS) is 15.0. The van der Waals surface area contributed by atoms with Crippen LogP contribution < -0.4 is 0 Å². The lowest BCUT2D eigenvalue weighted by Crippen LogP contribution is -2.01. The van der Waals surface area contributed by atoms with Crippen molar-refractivity contribution in [2.24, 2.45) is 5.92 Å². The third-order valence-electron chi connectivity index (χ3n) is 0.734. The molecule has 0 saturated heterocycles. The van der Waals surface area contributed by atoms with E-state index >= 15 is 0 Å². The standard InChI is InChI=1S/C6H12O/c1-5(2)4-6(3)7/h5-6H,1,4H2,2-3H3. The second kappa shape index (κ2) is 3.03. The van der Waals surface area contributed by atoms with Gasteiger partial charge in [0.05, 0.1) is 6.10 Å². The molecular weight excluding hydrogens is 88.1 g/mol. The smallest absolute Gasteiger partial charge is 0.0904 e. The van der Waals surface area contributed by atoms with Gasteiger partial charge >= 0.3 is 0 Å². The molecule has 2 unspecified atom stereocenters. The zero-order valence-corrected chi connectivity index (χ0v) is 4.98. The molecule has 7 heavy (non-hydrogen) atoms. The van der Waals surface area contributed by atoms with Crippen molar-refractivity contribution in [3.8, 4) is 0 Å². The average Bonchev–Trinajstić information content (AvgIpc) is 1.27. The summed E-state index contributed by atoms with van der Waals surface area (Å²) in [6.45, 7) is 7.30. The van der Waals surface area contributed by atoms with Crippen molar-refractivity contribution in [2.75, 3.05) is 0 Å². The van der Waals surface area contributed by atoms with Gasteiger partial charge in [0.25, 0.3) is 0 Å². The van der Waals surface area contributed by atoms with E-state index in [4.69, 9.17) is 0 Å². The molecule has 0 aromatic rings. The Hall–Kier alpha value is -0.0400. The molecule has 0 aliphatic rings. The van der Waals surface area contributed by atoms with Crippen molar-refractivity contribution in [1.29, 1.82) is 0 Å². The fraction of sp³-hybridized carbons (Fsp3) is 0.833. The van der Waals surface area contributed by atoms with E-state index in [-0.39, 0.29) is 0 Å². The first-order chi connectivity index (χ1) is 3.13. The molecule has 2 atom stereocenters. The number of hydrogen-bond acceptors (Lipinski definition) is 0. The van der Waals surface area contributed by atoms with Gasteiger partial charge in [-0.15, -0.1) is 0 Å². The number of hydrogen-bond donors (Lipinski definition) is 0. The lowest BCUT2D eigenvalue weighted by atomic mass is 10.1. The Bertz CT molecular complexity index is 33.4. The predicted octanol–water partition coefficient (Wildman–Crippen LogP) is 1.67. The van der Waals surface area contributed by atoms with Crippen molar-refractivity contribution in [1.82, 2.24) is 0 Å². The Morgan fingerprint density at radius 3 is 2.00 bits per heavy atom. The first kappa shape index (κ1) is 6.96. The first-order valence-electron chi connectivity index (χ1n) is 2.62. The van der Waals surface area contributed by atoms with E-state index in [2.05, 4.69) is 6.92 Å². The van der Waals surface area contributed by atoms with Crippen LogP contribution in [0.4, 0.5) is 0 Å². The zero-order chi connectivity index (χ0) is 5.86. The summed E-state index contributed by atoms with van der Waals surface area (Å²) in [6, 6.07) is 0. The Kier molecular flexibility index (Phi) is 3.01. The van der Waals surface area contributed by atoms with Crippen LogP contribution in [0.1, 0.15) is 20.3 Å². The van der Waals surface area contributed by atoms with Gasteiger partial charge in [0.2, 0.25) is 0 Å². The Labute approximate surface area is 45.4 Å². The molecule has 0 bridgehead atoms. The van der Waals surface area contributed by atoms with Crippen LogP contribution in [0.2, 0.25) is 0 Å². The third-order valence-corrected chi connectivity index (χ3v) is 0.734. The van der Waals surface area contributed by atoms with Gasteiger partial charge in [0.15, 0.2) is 0 Å². The number of rotatable bonds is 2. The third kappa shape index (κ3) is 5.96. The predicted molar refractivity (Wildman–Crippen MR) is 29.3 cm³/mol. The van der Waals surface area contributed by atoms with E-state index < -0.39 is 6.10 Å². The van der Waals surface area contributed by atoms with E-state index in [0.717, 1.165) is 0 Å². The minimum Gasteiger partial charge on any atom is -0.233 e. The summed E-state index contributed by atoms with van der Waals surface area (Å²) in [5, 5.41) is 10.3. The molecular formula is C6H12O. The quantitative estimate of drug-likeness (QED) is 0.503. The highest BCUT2D eigenvalue weighted by Crippen LogP contribution is 2.02. The average molecular weight is 100 g/mol. The molecule has 2 radical (unpaired) electrons. The molecule has 0 rings (SSSR count). The van der Waals surface area contributed by atoms with Gasteiger partial charge in [-0.3, -0.25) is 0 Å². The van der Waals surface area contributed by atoms with Gasteiger partial charge in [0.1, 0.15) is 0 Å². The summed E-state index contributed by atoms with van der Waals surface area (Å²) in [5.74, 6) is 0.312. The van der Waals surface area contributed by atoms with Crippen molar-refractivity contribution in [3.63, 3.8) is 0 Å². The van der Waals surface area contributed by atoms with E-state index in [1.165, 1.54) is 0 Å². The van der Waals surface area contributed by atoms with Crippen molar-refractivity contribution in [2.45, 2.75) is 26.4 Å². The largest absolute Gasteiger partial charge is 0.233 e. The molecule has 0 fully saturated rings. The lowest BCUT2D eigenvalue weighted by molar-refractivity contribution is 0.0891. The van der Waals surface area contributed by atoms with Gasteiger partial charge in [-0.2, -0.15) is 0 Å². The van der Waals surface area contributed by atoms with Crippen LogP contribution in [0.15, 0.2) is 0 Å². The lowest BCUT2D eigenvalue weighted by Gasteiger charge is -2.02. The van der Waals surface area contributed by atoms with Crippen molar-refractivity contribution in [3.05, 3.63) is 6.92 Å². The van der Waals surface area contributed by atoms with E-state index in [0.29, 0.717) is 12.3 Å². The maximum Gasteiger partial charge on any atom is 0.0904 e. The highest BCUT2D eigenvalue weighted by molar-refractivity contribution is 4.56. The van der Waals surface area contributed by atoms with Crippen LogP contribution in [-0.4, -0.2) is 6.10 Å². The molecule has 0 aliphatic carbocycles. The molecule has 42 valence electrons. The van der Waals surface area contributed by atoms with E-state index in [9.17, 15) is 5.11 Å². The summed E-state index contributed by atoms with van der Waals surface area (Å²) >= 11 is 0. The minimum atomic E-state index is -0.438. The van der Waals surface area contributed by atoms with E-state index in [1.807, 2.05) is 6.92 Å². The summed E-state index contributed by atoms with van der Waals surface area (Å²) in [7, 11) is 0. The fourth-order valence-electron chi connectivity index (χ4n) is 0.567. The molecule has 0 aromatic heterocycles. The van der Waals surface area contributed by atoms with Crippen LogP contribution in [-0.2, 0) is 5.11 Å². The van der Waals surface area contributed by atoms with Gasteiger partial charge in [-0.1, -0.05) is 13.8 Å². The van der Waals surface area contributed by atoms with Crippen LogP contribution in [0.25, 0.3) is 0 Å². The highest BCUT2D eigenvalue weighted by atomic mass is 16.3. The second-order valence-electron chi connectivity index (χ2n) is 2.15. The van der Waals surface area contributed by atoms with Crippen LogP contribution in [0.5, 0.6) is 0 Å². The zero-order valence-electron chi connectivity index (χ0n) is 4.98. The first-order valence-corrected chi connectivity index (χ1v) is 2.62. The summed E-state index contributed by atoms with van der Waals surface area (Å²) in [5.41, 5.74) is 0. The molecule has 0 spiro atoms. The van der Waals surface area contributed by atoms with Crippen molar-refractivity contribution >= 4 is 0 Å². The molecule has 0 N–H and O–H groups in total. The second-order valence-corrected chi connectivity index (χ2v) is 2.15. The Morgan fingerprint density at radius 1 is 1.57 bits per heavy atom. The molecule has 1 nitrogen and oxygen atoms in total. The molecule has 0 heterocycles. The molecule has 0 amide bonds. The molecule has 0 saturated carbocycles. The van der Waals surface area contributed by atoms with Gasteiger partial charge < -0.3 is 0 Å². The van der Waals surface area contributed by atoms with Crippen LogP contribution >= 0.6 is 0 Å². The highest BCUT2D eigenvalue weighted by Gasteiger charge is 1.99. The van der Waals surface area contributed by atoms with Crippen molar-refractivity contribution < 1.29 is 5.11 Å². The molecule has 0 aliphatic heterocycles. The van der Waals surface area contributed by atoms with Gasteiger partial charge in [-0.05, 0) is 19.3 Å². The summed E-state index contributed by atoms with van der Waals surface area (Å²) in [6.07, 6.45) is 0.257. The topological polar surface area (TPSA) is 19.9 Å². The van der Waals surface area contributed by atoms with E-state index in [1.54, 1.807) is 6.92 Å². The van der Waals surface area contributed by atoms with Crippen LogP contribution in [0.3, 0.4) is 0 Å². The maximum atomic E-state index is 10.3. The maximum absolute atomic E-state index is 10.3. The summed E-state index contributed by atoms with van der Waals surface area (Å²) in [4.78, 5) is 0.